The molecule has 0 radical (unpaired) electrons. The van der Waals surface area contributed by atoms with Gasteiger partial charge in [0.05, 0.1) is 11.0 Å². The molecule has 4 rings (SSSR count). The monoisotopic (exact) mass is 314 g/mol. The van der Waals surface area contributed by atoms with Gasteiger partial charge < -0.3 is 10.2 Å². The van der Waals surface area contributed by atoms with Crippen molar-refractivity contribution >= 4 is 34.4 Å². The van der Waals surface area contributed by atoms with Crippen LogP contribution >= 0.6 is 11.8 Å². The molecule has 0 atom stereocenters. The van der Waals surface area contributed by atoms with Gasteiger partial charge in [0.15, 0.2) is 11.6 Å². The highest BCUT2D eigenvalue weighted by molar-refractivity contribution is 8.00. The number of nitrogens with zero attached hydrogens (tertiary/aromatic N) is 3. The average molecular weight is 314 g/mol. The number of nitrogens with one attached hydrogen (secondary N) is 1. The van der Waals surface area contributed by atoms with Gasteiger partial charge in [-0.1, -0.05) is 12.1 Å². The summed E-state index contributed by atoms with van der Waals surface area (Å²) >= 11 is 1.97. The molecule has 116 valence electrons. The van der Waals surface area contributed by atoms with Crippen molar-refractivity contribution in [3.05, 3.63) is 24.3 Å². The Morgan fingerprint density at radius 1 is 1.14 bits per heavy atom. The largest absolute Gasteiger partial charge is 0.366 e. The van der Waals surface area contributed by atoms with Crippen LogP contribution in [-0.4, -0.2) is 40.6 Å². The van der Waals surface area contributed by atoms with Gasteiger partial charge in [-0.2, -0.15) is 11.8 Å². The molecule has 0 amide bonds. The number of fused-ring (bicyclic) bond motifs is 1. The summed E-state index contributed by atoms with van der Waals surface area (Å²) < 4.78 is 0.426. The maximum Gasteiger partial charge on any atom is 0.172 e. The number of rotatable bonds is 5. The molecule has 2 aromatic rings. The predicted octanol–water partition coefficient (Wildman–Crippen LogP) is 3.54. The van der Waals surface area contributed by atoms with Crippen molar-refractivity contribution in [1.82, 2.24) is 9.97 Å². The number of hydrogen-bond acceptors (Lipinski definition) is 5. The summed E-state index contributed by atoms with van der Waals surface area (Å²) in [7, 11) is 0. The second kappa shape index (κ2) is 5.61. The zero-order valence-electron chi connectivity index (χ0n) is 13.0. The van der Waals surface area contributed by atoms with E-state index < -0.39 is 0 Å². The van der Waals surface area contributed by atoms with E-state index in [1.165, 1.54) is 25.7 Å². The maximum absolute atomic E-state index is 4.90. The molecule has 1 aliphatic heterocycles. The Bertz CT molecular complexity index is 677. The normalized spacial score (nSPS) is 19.6. The van der Waals surface area contributed by atoms with Gasteiger partial charge in [0.1, 0.15) is 0 Å². The quantitative estimate of drug-likeness (QED) is 0.914. The van der Waals surface area contributed by atoms with E-state index in [0.29, 0.717) is 4.75 Å². The van der Waals surface area contributed by atoms with Crippen molar-refractivity contribution in [2.75, 3.05) is 36.1 Å². The summed E-state index contributed by atoms with van der Waals surface area (Å²) in [6.45, 7) is 3.17. The third-order valence-electron chi connectivity index (χ3n) is 4.78. The predicted molar refractivity (Wildman–Crippen MR) is 95.0 cm³/mol. The van der Waals surface area contributed by atoms with Crippen molar-refractivity contribution in [3.8, 4) is 0 Å². The molecule has 1 aromatic carbocycles. The van der Waals surface area contributed by atoms with Crippen LogP contribution in [0.25, 0.3) is 11.0 Å². The molecule has 0 unspecified atom stereocenters. The molecule has 1 N–H and O–H groups in total. The van der Waals surface area contributed by atoms with Gasteiger partial charge in [-0.05, 0) is 44.1 Å². The molecule has 1 aromatic heterocycles. The van der Waals surface area contributed by atoms with Crippen molar-refractivity contribution in [2.24, 2.45) is 0 Å². The van der Waals surface area contributed by atoms with Crippen LogP contribution in [0.15, 0.2) is 24.3 Å². The first-order chi connectivity index (χ1) is 10.8. The van der Waals surface area contributed by atoms with Crippen LogP contribution in [-0.2, 0) is 0 Å². The number of benzene rings is 1. The Labute approximate surface area is 135 Å². The average Bonchev–Trinajstić information content (AvgIpc) is 3.14. The fraction of sp³-hybridized carbons (Fsp3) is 0.529. The molecular formula is C17H22N4S. The van der Waals surface area contributed by atoms with E-state index >= 15 is 0 Å². The Morgan fingerprint density at radius 2 is 1.82 bits per heavy atom. The van der Waals surface area contributed by atoms with E-state index in [1.807, 2.05) is 30.0 Å². The van der Waals surface area contributed by atoms with Gasteiger partial charge in [-0.15, -0.1) is 0 Å². The molecular weight excluding hydrogens is 292 g/mol. The van der Waals surface area contributed by atoms with E-state index in [2.05, 4.69) is 22.5 Å². The number of thioether (sulfide) groups is 1. The Morgan fingerprint density at radius 3 is 2.45 bits per heavy atom. The fourth-order valence-electron chi connectivity index (χ4n) is 3.10. The lowest BCUT2D eigenvalue weighted by Gasteiger charge is -2.22. The first-order valence-corrected chi connectivity index (χ1v) is 9.33. The molecule has 2 fully saturated rings. The van der Waals surface area contributed by atoms with Gasteiger partial charge in [-0.25, -0.2) is 9.97 Å². The molecule has 2 heterocycles. The first kappa shape index (κ1) is 14.1. The van der Waals surface area contributed by atoms with Crippen LogP contribution in [0.5, 0.6) is 0 Å². The minimum absolute atomic E-state index is 0.426. The minimum atomic E-state index is 0.426. The summed E-state index contributed by atoms with van der Waals surface area (Å²) in [5.74, 6) is 1.99. The third-order valence-corrected chi connectivity index (χ3v) is 6.20. The van der Waals surface area contributed by atoms with E-state index in [1.54, 1.807) is 0 Å². The van der Waals surface area contributed by atoms with Gasteiger partial charge in [0, 0.05) is 24.4 Å². The summed E-state index contributed by atoms with van der Waals surface area (Å²) in [5.41, 5.74) is 1.96. The Kier molecular flexibility index (Phi) is 3.60. The molecule has 0 spiro atoms. The molecule has 1 aliphatic carbocycles. The third kappa shape index (κ3) is 2.62. The lowest BCUT2D eigenvalue weighted by atomic mass is 10.3. The van der Waals surface area contributed by atoms with Crippen molar-refractivity contribution < 1.29 is 0 Å². The van der Waals surface area contributed by atoms with Crippen LogP contribution in [0.4, 0.5) is 11.6 Å². The highest BCUT2D eigenvalue weighted by Crippen LogP contribution is 2.47. The van der Waals surface area contributed by atoms with Gasteiger partial charge >= 0.3 is 0 Å². The van der Waals surface area contributed by atoms with Gasteiger partial charge in [-0.3, -0.25) is 0 Å². The lowest BCUT2D eigenvalue weighted by Crippen LogP contribution is -2.24. The number of hydrogen-bond donors (Lipinski definition) is 1. The molecule has 2 aliphatic rings. The van der Waals surface area contributed by atoms with Gasteiger partial charge in [0.2, 0.25) is 0 Å². The van der Waals surface area contributed by atoms with E-state index in [9.17, 15) is 0 Å². The number of aromatic nitrogens is 2. The molecule has 22 heavy (non-hydrogen) atoms. The SMILES string of the molecule is CSC1(CNc2nc3ccccc3nc2N2CCCC2)CC1. The van der Waals surface area contributed by atoms with Crippen LogP contribution in [0.2, 0.25) is 0 Å². The summed E-state index contributed by atoms with van der Waals surface area (Å²) in [6, 6.07) is 8.16. The molecule has 1 saturated heterocycles. The van der Waals surface area contributed by atoms with Crippen LogP contribution in [0, 0.1) is 0 Å². The molecule has 0 bridgehead atoms. The highest BCUT2D eigenvalue weighted by Gasteiger charge is 2.41. The minimum Gasteiger partial charge on any atom is -0.366 e. The summed E-state index contributed by atoms with van der Waals surface area (Å²) in [6.07, 6.45) is 7.33. The highest BCUT2D eigenvalue weighted by atomic mass is 32.2. The zero-order valence-corrected chi connectivity index (χ0v) is 13.8. The summed E-state index contributed by atoms with van der Waals surface area (Å²) in [5, 5.41) is 3.60. The van der Waals surface area contributed by atoms with Crippen LogP contribution in [0.1, 0.15) is 25.7 Å². The smallest absolute Gasteiger partial charge is 0.172 e. The lowest BCUT2D eigenvalue weighted by molar-refractivity contribution is 0.911. The van der Waals surface area contributed by atoms with Crippen molar-refractivity contribution in [1.29, 1.82) is 0 Å². The summed E-state index contributed by atoms with van der Waals surface area (Å²) in [4.78, 5) is 12.1. The van der Waals surface area contributed by atoms with E-state index in [0.717, 1.165) is 42.3 Å². The van der Waals surface area contributed by atoms with Crippen molar-refractivity contribution in [2.45, 2.75) is 30.4 Å². The molecule has 1 saturated carbocycles. The van der Waals surface area contributed by atoms with Crippen LogP contribution in [0.3, 0.4) is 0 Å². The molecule has 4 nitrogen and oxygen atoms in total. The standard InChI is InChI=1S/C17H22N4S/c1-22-17(8-9-17)12-18-15-16(21-10-4-5-11-21)20-14-7-3-2-6-13(14)19-15/h2-3,6-7H,4-5,8-12H2,1H3,(H,18,19). The number of para-hydroxylation sites is 2. The van der Waals surface area contributed by atoms with Gasteiger partial charge in [0.25, 0.3) is 0 Å². The second-order valence-electron chi connectivity index (χ2n) is 6.32. The number of anilines is 2. The first-order valence-electron chi connectivity index (χ1n) is 8.10. The fourth-order valence-corrected chi connectivity index (χ4v) is 3.82. The topological polar surface area (TPSA) is 41.1 Å². The Hall–Kier alpha value is -1.49. The molecule has 5 heteroatoms. The van der Waals surface area contributed by atoms with Crippen molar-refractivity contribution in [3.63, 3.8) is 0 Å². The van der Waals surface area contributed by atoms with E-state index in [-0.39, 0.29) is 0 Å². The Balaban J connectivity index is 1.68. The second-order valence-corrected chi connectivity index (χ2v) is 7.59. The zero-order chi connectivity index (χ0) is 15.0. The maximum atomic E-state index is 4.90. The van der Waals surface area contributed by atoms with E-state index in [4.69, 9.17) is 9.97 Å². The van der Waals surface area contributed by atoms with Crippen LogP contribution < -0.4 is 10.2 Å².